The zero-order valence-electron chi connectivity index (χ0n) is 73.9. The van der Waals surface area contributed by atoms with Gasteiger partial charge in [0.2, 0.25) is 11.8 Å². The summed E-state index contributed by atoms with van der Waals surface area (Å²) in [4.78, 5) is 155. The molecule has 0 spiro atoms. The summed E-state index contributed by atoms with van der Waals surface area (Å²) in [7, 11) is -6.32. The van der Waals surface area contributed by atoms with Crippen LogP contribution in [-0.2, 0) is 52.4 Å². The predicted molar refractivity (Wildman–Crippen MR) is 498 cm³/mol. The number of carbonyl (C=O) groups is 8. The molecule has 0 saturated heterocycles. The first-order valence-electron chi connectivity index (χ1n) is 41.0. The van der Waals surface area contributed by atoms with E-state index in [0.29, 0.717) is 10.8 Å². The van der Waals surface area contributed by atoms with Crippen LogP contribution in [0.15, 0.2) is 110 Å². The number of nitrogens with two attached hydrogens (primary N) is 1. The first-order chi connectivity index (χ1) is 58.3. The number of aliphatic imine (C=N–C) groups is 2. The third-order valence-corrected chi connectivity index (χ3v) is 46.3. The normalized spacial score (nSPS) is 18.6. The Morgan fingerprint density at radius 3 is 1.83 bits per heavy atom. The number of nitrogens with one attached hydrogen (secondary N) is 7. The molecule has 2 aliphatic rings. The standard InChI is InChI=1S/C82H119N17O15S5Se2Si3/c1-22-38-111-98-46(5)67(102)95-64(54-39-116-74(87-54)61(47(6)100)92-69(104)56-41-118-76(89-56)65(97-99-84)81(16,109)50(9)114-123(20,21)80(13,14)15)82(37-36-53(96-82)73-88-55(40-115-73)68(103)86-60(45-121-52-34-30-27-31-35-52)71(106)85-59(66(83)101)44-120-51-32-28-26-29-33-51)78-91-57(42-119-78)70(105)93-62(48(7)112-122(18,19)79(10,11)12)72(107)94-63(49(8)113-124(23-2,24-3)25-4)75-90-58(43-117-75)77(108)110-17/h22,26-35,39-42,46-50,58-65,98,100,109H,1,23-25,36-38,43-45H2,2-21H3,(H2,83,101)(H,85,106)(H,86,103)(H,92,104)(H,93,105)(H,94,107)(H,95,102)/t46-,47+,48+,49+,50+,58+,59+,60+,61-,62-,63-,64+,65+,81+,82+/m0/s1. The molecule has 8 rings (SSSR count). The van der Waals surface area contributed by atoms with Crippen LogP contribution in [0.4, 0.5) is 0 Å². The fourth-order valence-corrected chi connectivity index (χ4v) is 27.8. The van der Waals surface area contributed by atoms with Gasteiger partial charge in [-0.2, -0.15) is 5.48 Å². The number of thiazole rings is 4. The van der Waals surface area contributed by atoms with Crippen LogP contribution in [0.1, 0.15) is 192 Å². The molecular weight excluding hydrogens is 1870 g/mol. The van der Waals surface area contributed by atoms with Crippen LogP contribution in [0.2, 0.25) is 65.0 Å². The molecule has 124 heavy (non-hydrogen) atoms. The van der Waals surface area contributed by atoms with Crippen molar-refractivity contribution in [2.45, 2.75) is 272 Å². The van der Waals surface area contributed by atoms with Gasteiger partial charge in [-0.3, -0.25) is 29.0 Å². The van der Waals surface area contributed by atoms with Crippen LogP contribution in [0, 0.1) is 0 Å². The van der Waals surface area contributed by atoms with Gasteiger partial charge >= 0.3 is 277 Å². The molecule has 0 radical (unpaired) electrons. The molecule has 2 aromatic carbocycles. The molecule has 0 unspecified atom stereocenters. The molecule has 6 aromatic rings. The number of rotatable bonds is 46. The Kier molecular flexibility index (Phi) is 36.9. The van der Waals surface area contributed by atoms with Crippen LogP contribution in [-0.4, -0.2) is 229 Å². The minimum absolute atomic E-state index is 0.00960. The fourth-order valence-electron chi connectivity index (χ4n) is 13.0. The van der Waals surface area contributed by atoms with Gasteiger partial charge in [-0.25, -0.2) is 14.8 Å². The van der Waals surface area contributed by atoms with E-state index in [-0.39, 0.29) is 119 Å². The van der Waals surface area contributed by atoms with Gasteiger partial charge in [-0.05, 0) is 101 Å². The molecule has 15 atom stereocenters. The summed E-state index contributed by atoms with van der Waals surface area (Å²) in [6.45, 7) is 40.3. The van der Waals surface area contributed by atoms with E-state index in [4.69, 9.17) is 53.5 Å². The van der Waals surface area contributed by atoms with E-state index in [1.54, 1.807) is 26.2 Å². The summed E-state index contributed by atoms with van der Waals surface area (Å²) in [5.41, 5.74) is 15.1. The molecular formula is C82H119N17O15S5Se2Si3. The molecule has 2 aliphatic heterocycles. The topological polar surface area (TPSA) is 458 Å². The Bertz CT molecular complexity index is 4800. The van der Waals surface area contributed by atoms with Crippen molar-refractivity contribution in [3.8, 4) is 0 Å². The number of aliphatic hydroxyl groups excluding tert-OH is 1. The third kappa shape index (κ3) is 26.1. The number of methoxy groups -OCH3 is 1. The summed E-state index contributed by atoms with van der Waals surface area (Å²) in [5.74, 6) is -5.19. The van der Waals surface area contributed by atoms with Crippen LogP contribution < -0.4 is 52.0 Å². The van der Waals surface area contributed by atoms with E-state index < -0.39 is 162 Å². The van der Waals surface area contributed by atoms with Crippen LogP contribution in [0.25, 0.3) is 10.4 Å². The summed E-state index contributed by atoms with van der Waals surface area (Å²) in [5, 5.41) is 53.0. The van der Waals surface area contributed by atoms with Crippen molar-refractivity contribution in [2.75, 3.05) is 19.5 Å². The van der Waals surface area contributed by atoms with Gasteiger partial charge in [-0.1, -0.05) is 73.5 Å². The molecule has 42 heteroatoms. The Morgan fingerprint density at radius 2 is 1.25 bits per heavy atom. The number of esters is 1. The van der Waals surface area contributed by atoms with E-state index >= 15 is 14.4 Å². The maximum absolute atomic E-state index is 15.6. The van der Waals surface area contributed by atoms with Crippen molar-refractivity contribution >= 4 is 179 Å². The number of amides is 7. The number of hydrogen-bond donors (Lipinski definition) is 10. The second-order valence-corrected chi connectivity index (χ2v) is 57.2. The summed E-state index contributed by atoms with van der Waals surface area (Å²) < 4.78 is 27.6. The van der Waals surface area contributed by atoms with E-state index in [1.165, 1.54) is 54.9 Å². The second kappa shape index (κ2) is 44.7. The molecule has 6 heterocycles. The quantitative estimate of drug-likeness (QED) is 0.00248. The number of aliphatic hydroxyl groups is 2. The van der Waals surface area contributed by atoms with E-state index in [0.717, 1.165) is 72.4 Å². The molecule has 32 nitrogen and oxygen atoms in total. The van der Waals surface area contributed by atoms with Gasteiger partial charge in [0.25, 0.3) is 11.8 Å². The Morgan fingerprint density at radius 1 is 0.685 bits per heavy atom. The monoisotopic (exact) mass is 1990 g/mol. The van der Waals surface area contributed by atoms with Gasteiger partial charge in [0, 0.05) is 26.8 Å². The first kappa shape index (κ1) is 102. The molecule has 11 N–H and O–H groups in total. The molecule has 0 aliphatic carbocycles. The predicted octanol–water partition coefficient (Wildman–Crippen LogP) is 10.4. The molecule has 7 amide bonds. The summed E-state index contributed by atoms with van der Waals surface area (Å²) in [6, 6.07) is 11.0. The summed E-state index contributed by atoms with van der Waals surface area (Å²) >= 11 is 4.83. The number of hydroxylamine groups is 1. The van der Waals surface area contributed by atoms with E-state index in [2.05, 4.69) is 121 Å². The second-order valence-electron chi connectivity index (χ2n) is 33.8. The molecule has 0 bridgehead atoms. The number of ether oxygens (including phenoxy) is 1. The number of nitrogens with zero attached hydrogens (tertiary/aromatic N) is 9. The van der Waals surface area contributed by atoms with Crippen molar-refractivity contribution in [1.29, 1.82) is 0 Å². The van der Waals surface area contributed by atoms with Gasteiger partial charge in [0.15, 0.2) is 31.0 Å². The first-order valence-corrected chi connectivity index (χ1v) is 58.0. The maximum atomic E-state index is 15.6. The zero-order chi connectivity index (χ0) is 91.6. The SMILES string of the molecule is C=CCON[C@@H](C)C(=O)N[C@H](c1csc([C@@H](NC(=O)c2csc([C@@H](N=[N+]=[N-])[C@](C)(O)[C@@H](C)O[Si](C)(C)C(C)(C)C)n2)[C@@H](C)O)n1)[C@@]1(c2nc(C(=O)N[C@H](C(=O)N[C@H](C3=N[C@@H](C(=O)OC)CS3)[C@@H](C)O[Si](CC)(CC)CC)[C@@H](C)O[Si](C)(C)C(C)(C)C)cs2)CCC(c2nc(C(=O)N[C@H](C[Se]c3ccccc3)C(=O)N[C@H](C[Se]c3ccccc3)C(N)=O)cs2)=N1. The minimum atomic E-state index is -2.75. The fraction of sp³-hybridized carbons (Fsp3) is 0.561. The molecule has 0 saturated carbocycles. The van der Waals surface area contributed by atoms with Crippen molar-refractivity contribution in [2.24, 2.45) is 20.8 Å². The van der Waals surface area contributed by atoms with Crippen LogP contribution in [0.3, 0.4) is 0 Å². The number of azide groups is 1. The van der Waals surface area contributed by atoms with Crippen molar-refractivity contribution in [3.05, 3.63) is 148 Å². The Labute approximate surface area is 761 Å². The number of benzene rings is 2. The number of primary amides is 1. The number of thioether (sulfide) groups is 1. The van der Waals surface area contributed by atoms with Crippen LogP contribution in [0.5, 0.6) is 0 Å². The number of hydrogen-bond acceptors (Lipinski definition) is 28. The Hall–Kier alpha value is -7.13. The van der Waals surface area contributed by atoms with E-state index in [1.807, 2.05) is 93.8 Å². The average molecular weight is 1990 g/mol. The van der Waals surface area contributed by atoms with Gasteiger partial charge in [0.1, 0.15) is 57.2 Å². The van der Waals surface area contributed by atoms with E-state index in [9.17, 15) is 39.7 Å². The zero-order valence-corrected chi connectivity index (χ0v) is 84.4. The van der Waals surface area contributed by atoms with Crippen molar-refractivity contribution in [3.63, 3.8) is 0 Å². The average Bonchev–Trinajstić information content (AvgIpc) is 1.58. The van der Waals surface area contributed by atoms with Crippen LogP contribution >= 0.6 is 57.1 Å². The van der Waals surface area contributed by atoms with Crippen molar-refractivity contribution in [1.82, 2.24) is 57.3 Å². The summed E-state index contributed by atoms with van der Waals surface area (Å²) in [6.07, 6.45) is -2.24. The molecule has 0 fully saturated rings. The van der Waals surface area contributed by atoms with Gasteiger partial charge < -0.3 is 44.2 Å². The number of aromatic nitrogens is 4. The Balaban J connectivity index is 1.24. The third-order valence-electron chi connectivity index (χ3n) is 22.9. The van der Waals surface area contributed by atoms with Gasteiger partial charge in [-0.15, -0.1) is 41.0 Å². The van der Waals surface area contributed by atoms with Crippen molar-refractivity contribution < 1.29 is 71.4 Å². The molecule has 4 aromatic heterocycles. The van der Waals surface area contributed by atoms with Gasteiger partial charge in [0.05, 0.1) is 43.2 Å². The number of carbonyl (C=O) groups excluding carboxylic acids is 8. The molecule has 676 valence electrons.